The molecule has 186 valence electrons. The first-order chi connectivity index (χ1) is 17.4. The molecule has 36 heavy (non-hydrogen) atoms. The molecule has 0 radical (unpaired) electrons. The number of benzene rings is 2. The Balaban J connectivity index is 1.23. The van der Waals surface area contributed by atoms with Gasteiger partial charge in [-0.15, -0.1) is 0 Å². The van der Waals surface area contributed by atoms with Gasteiger partial charge in [0.1, 0.15) is 11.4 Å². The topological polar surface area (TPSA) is 99.8 Å². The fourth-order valence-corrected chi connectivity index (χ4v) is 5.00. The summed E-state index contributed by atoms with van der Waals surface area (Å²) < 4.78 is 4.72. The molecule has 0 unspecified atom stereocenters. The van der Waals surface area contributed by atoms with Crippen LogP contribution in [-0.2, 0) is 17.8 Å². The summed E-state index contributed by atoms with van der Waals surface area (Å²) in [4.78, 5) is 44.5. The summed E-state index contributed by atoms with van der Waals surface area (Å²) in [6, 6.07) is 15.5. The first kappa shape index (κ1) is 23.7. The summed E-state index contributed by atoms with van der Waals surface area (Å²) in [7, 11) is 1.87. The lowest BCUT2D eigenvalue weighted by molar-refractivity contribution is -0.134. The molecule has 0 saturated carbocycles. The fourth-order valence-electron chi connectivity index (χ4n) is 5.00. The molecule has 9 nitrogen and oxygen atoms in total. The molecule has 0 N–H and O–H groups in total. The minimum Gasteiger partial charge on any atom is -0.371 e. The number of piperidine rings is 1. The Morgan fingerprint density at radius 1 is 1.03 bits per heavy atom. The van der Waals surface area contributed by atoms with Crippen LogP contribution in [0.25, 0.3) is 0 Å². The number of imide groups is 1. The van der Waals surface area contributed by atoms with Gasteiger partial charge in [0.05, 0.1) is 23.4 Å². The third-order valence-corrected chi connectivity index (χ3v) is 7.17. The van der Waals surface area contributed by atoms with Crippen LogP contribution in [0.4, 0.5) is 5.69 Å². The molecule has 0 aliphatic carbocycles. The maximum Gasteiger partial charge on any atom is 0.264 e. The van der Waals surface area contributed by atoms with Crippen molar-refractivity contribution in [1.82, 2.24) is 20.1 Å². The number of amides is 3. The van der Waals surface area contributed by atoms with Crippen LogP contribution in [0.15, 0.2) is 53.2 Å². The maximum atomic E-state index is 13.3. The highest BCUT2D eigenvalue weighted by Crippen LogP contribution is 2.35. The molecule has 2 aliphatic heterocycles. The lowest BCUT2D eigenvalue weighted by Gasteiger charge is -2.35. The number of hydrogen-bond acceptors (Lipinski definition) is 7. The fraction of sp³-hybridized carbons (Fsp3) is 0.370. The van der Waals surface area contributed by atoms with Crippen LogP contribution >= 0.6 is 0 Å². The molecular weight excluding hydrogens is 458 g/mol. The first-order valence-corrected chi connectivity index (χ1v) is 12.2. The van der Waals surface area contributed by atoms with Crippen molar-refractivity contribution < 1.29 is 19.0 Å². The van der Waals surface area contributed by atoms with E-state index in [1.807, 2.05) is 36.2 Å². The molecule has 1 aromatic heterocycles. The third-order valence-electron chi connectivity index (χ3n) is 7.17. The Morgan fingerprint density at radius 3 is 2.47 bits per heavy atom. The highest BCUT2D eigenvalue weighted by atomic mass is 16.6. The van der Waals surface area contributed by atoms with Gasteiger partial charge in [-0.3, -0.25) is 19.3 Å². The van der Waals surface area contributed by atoms with Gasteiger partial charge >= 0.3 is 0 Å². The molecule has 9 heteroatoms. The third kappa shape index (κ3) is 4.48. The second kappa shape index (κ2) is 9.93. The van der Waals surface area contributed by atoms with Crippen molar-refractivity contribution in [2.45, 2.75) is 32.7 Å². The minimum absolute atomic E-state index is 0.0208. The normalized spacial score (nSPS) is 15.9. The van der Waals surface area contributed by atoms with E-state index in [9.17, 15) is 14.4 Å². The lowest BCUT2D eigenvalue weighted by Crippen LogP contribution is -2.42. The number of rotatable bonds is 7. The molecule has 0 spiro atoms. The maximum absolute atomic E-state index is 13.3. The van der Waals surface area contributed by atoms with Gasteiger partial charge in [0.2, 0.25) is 5.91 Å². The Hall–Kier alpha value is -4.01. The Morgan fingerprint density at radius 2 is 1.78 bits per heavy atom. The van der Waals surface area contributed by atoms with Crippen molar-refractivity contribution in [3.63, 3.8) is 0 Å². The summed E-state index contributed by atoms with van der Waals surface area (Å²) in [6.45, 7) is 3.72. The van der Waals surface area contributed by atoms with E-state index in [1.54, 1.807) is 19.1 Å². The second-order valence-electron chi connectivity index (χ2n) is 9.45. The smallest absolute Gasteiger partial charge is 0.264 e. The molecule has 0 bridgehead atoms. The van der Waals surface area contributed by atoms with Crippen molar-refractivity contribution >= 4 is 23.4 Å². The number of fused-ring (bicyclic) bond motifs is 1. The molecule has 3 aromatic rings. The average Bonchev–Trinajstić information content (AvgIpc) is 3.43. The quantitative estimate of drug-likeness (QED) is 0.472. The van der Waals surface area contributed by atoms with Gasteiger partial charge in [0.25, 0.3) is 11.8 Å². The van der Waals surface area contributed by atoms with Gasteiger partial charge in [-0.1, -0.05) is 46.7 Å². The van der Waals surface area contributed by atoms with Gasteiger partial charge in [0, 0.05) is 32.6 Å². The Kier molecular flexibility index (Phi) is 6.54. The number of nitrogens with zero attached hydrogens (tertiary/aromatic N) is 5. The van der Waals surface area contributed by atoms with Gasteiger partial charge in [-0.25, -0.2) is 4.63 Å². The van der Waals surface area contributed by atoms with E-state index in [1.165, 1.54) is 10.5 Å². The summed E-state index contributed by atoms with van der Waals surface area (Å²) in [5.41, 5.74) is 3.78. The van der Waals surface area contributed by atoms with Crippen LogP contribution in [0.2, 0.25) is 0 Å². The molecule has 3 amide bonds. The molecule has 1 saturated heterocycles. The van der Waals surface area contributed by atoms with Gasteiger partial charge in [-0.05, 0) is 43.9 Å². The Labute approximate surface area is 209 Å². The second-order valence-corrected chi connectivity index (χ2v) is 9.45. The van der Waals surface area contributed by atoms with Crippen molar-refractivity contribution in [3.8, 4) is 0 Å². The predicted octanol–water partition coefficient (Wildman–Crippen LogP) is 3.09. The zero-order valence-electron chi connectivity index (χ0n) is 20.5. The van der Waals surface area contributed by atoms with Crippen LogP contribution in [0, 0.1) is 12.8 Å². The molecule has 1 fully saturated rings. The molecule has 2 aromatic carbocycles. The predicted molar refractivity (Wildman–Crippen MR) is 132 cm³/mol. The molecule has 0 atom stereocenters. The number of likely N-dealkylation sites (N-methyl/N-ethyl adjacent to an activating group) is 1. The SMILES string of the molecule is Cc1nonc1CN1C(=O)c2cccc(N3CCC(C(=O)N(C)CCc4ccccc4)CC3)c2C1=O. The lowest BCUT2D eigenvalue weighted by atomic mass is 9.94. The van der Waals surface area contributed by atoms with Crippen LogP contribution in [-0.4, -0.2) is 64.5 Å². The highest BCUT2D eigenvalue weighted by Gasteiger charge is 2.40. The van der Waals surface area contributed by atoms with Crippen LogP contribution in [0.5, 0.6) is 0 Å². The monoisotopic (exact) mass is 487 g/mol. The molecule has 3 heterocycles. The molecule has 5 rings (SSSR count). The van der Waals surface area contributed by atoms with E-state index in [-0.39, 0.29) is 30.2 Å². The van der Waals surface area contributed by atoms with Crippen LogP contribution in [0.1, 0.15) is 50.5 Å². The largest absolute Gasteiger partial charge is 0.371 e. The van der Waals surface area contributed by atoms with E-state index < -0.39 is 0 Å². The van der Waals surface area contributed by atoms with E-state index in [2.05, 4.69) is 27.3 Å². The van der Waals surface area contributed by atoms with Crippen LogP contribution < -0.4 is 4.90 Å². The number of hydrogen-bond donors (Lipinski definition) is 0. The van der Waals surface area contributed by atoms with E-state index in [4.69, 9.17) is 4.63 Å². The Bertz CT molecular complexity index is 1280. The zero-order chi connectivity index (χ0) is 25.2. The van der Waals surface area contributed by atoms with Gasteiger partial charge in [-0.2, -0.15) is 0 Å². The standard InChI is InChI=1S/C27H29N5O4/c1-18-22(29-36-28-18)17-32-26(34)21-9-6-10-23(24(21)27(32)35)31-15-12-20(13-16-31)25(33)30(2)14-11-19-7-4-3-5-8-19/h3-10,20H,11-17H2,1-2H3. The number of anilines is 1. The van der Waals surface area contributed by atoms with E-state index >= 15 is 0 Å². The summed E-state index contributed by atoms with van der Waals surface area (Å²) in [6.07, 6.45) is 2.23. The van der Waals surface area contributed by atoms with Gasteiger partial charge < -0.3 is 9.80 Å². The van der Waals surface area contributed by atoms with E-state index in [0.717, 1.165) is 12.1 Å². The number of aryl methyl sites for hydroxylation is 1. The zero-order valence-corrected chi connectivity index (χ0v) is 20.5. The van der Waals surface area contributed by atoms with Crippen molar-refractivity contribution in [3.05, 3.63) is 76.6 Å². The first-order valence-electron chi connectivity index (χ1n) is 12.2. The summed E-state index contributed by atoms with van der Waals surface area (Å²) in [5, 5.41) is 7.55. The number of carbonyl (C=O) groups is 3. The van der Waals surface area contributed by atoms with Crippen molar-refractivity contribution in [1.29, 1.82) is 0 Å². The average molecular weight is 488 g/mol. The minimum atomic E-state index is -0.343. The molecular formula is C27H29N5O4. The van der Waals surface area contributed by atoms with Crippen LogP contribution in [0.3, 0.4) is 0 Å². The van der Waals surface area contributed by atoms with Crippen molar-refractivity contribution in [2.24, 2.45) is 5.92 Å². The number of aromatic nitrogens is 2. The van der Waals surface area contributed by atoms with E-state index in [0.29, 0.717) is 55.0 Å². The number of carbonyl (C=O) groups excluding carboxylic acids is 3. The summed E-state index contributed by atoms with van der Waals surface area (Å²) >= 11 is 0. The van der Waals surface area contributed by atoms with Gasteiger partial charge in [0.15, 0.2) is 0 Å². The van der Waals surface area contributed by atoms with Crippen molar-refractivity contribution in [2.75, 3.05) is 31.6 Å². The summed E-state index contributed by atoms with van der Waals surface area (Å²) in [5.74, 6) is -0.565. The highest BCUT2D eigenvalue weighted by molar-refractivity contribution is 6.23. The molecule has 2 aliphatic rings.